The maximum absolute atomic E-state index is 12.1. The number of anilines is 1. The van der Waals surface area contributed by atoms with Crippen LogP contribution in [0.25, 0.3) is 22.2 Å². The van der Waals surface area contributed by atoms with Gasteiger partial charge in [0.1, 0.15) is 17.1 Å². The van der Waals surface area contributed by atoms with Gasteiger partial charge in [-0.3, -0.25) is 9.78 Å². The quantitative estimate of drug-likeness (QED) is 0.640. The Morgan fingerprint density at radius 2 is 2.04 bits per heavy atom. The number of fused-ring (bicyclic) bond motifs is 1. The highest BCUT2D eigenvalue weighted by Gasteiger charge is 2.32. The number of nitrogens with zero attached hydrogens (tertiary/aromatic N) is 3. The fourth-order valence-corrected chi connectivity index (χ4v) is 3.01. The minimum absolute atomic E-state index is 0.0500. The Kier molecular flexibility index (Phi) is 4.65. The summed E-state index contributed by atoms with van der Waals surface area (Å²) in [6, 6.07) is 7.64. The predicted octanol–water partition coefficient (Wildman–Crippen LogP) is 2.67. The molecule has 0 aliphatic rings. The van der Waals surface area contributed by atoms with Gasteiger partial charge in [0.05, 0.1) is 18.2 Å². The number of carbonyl (C=O) groups is 1. The van der Waals surface area contributed by atoms with Crippen molar-refractivity contribution >= 4 is 22.6 Å². The van der Waals surface area contributed by atoms with Gasteiger partial charge in [-0.25, -0.2) is 4.68 Å². The second kappa shape index (κ2) is 6.66. The van der Waals surface area contributed by atoms with Crippen molar-refractivity contribution in [3.05, 3.63) is 41.6 Å². The molecule has 1 aromatic carbocycles. The second-order valence-electron chi connectivity index (χ2n) is 7.66. The molecule has 1 unspecified atom stereocenters. The van der Waals surface area contributed by atoms with E-state index in [1.54, 1.807) is 10.9 Å². The molecular weight excluding hydrogens is 342 g/mol. The molecule has 1 atom stereocenters. The van der Waals surface area contributed by atoms with Gasteiger partial charge in [-0.1, -0.05) is 26.0 Å². The lowest BCUT2D eigenvalue weighted by atomic mass is 9.86. The Balaban J connectivity index is 2.19. The number of hydrogen-bond acceptors (Lipinski definition) is 5. The van der Waals surface area contributed by atoms with Crippen LogP contribution in [-0.4, -0.2) is 32.4 Å². The molecule has 3 rings (SSSR count). The minimum atomic E-state index is -0.647. The number of aromatic nitrogens is 3. The molecule has 2 heterocycles. The second-order valence-corrected chi connectivity index (χ2v) is 7.66. The van der Waals surface area contributed by atoms with Crippen LogP contribution in [0.15, 0.2) is 30.5 Å². The van der Waals surface area contributed by atoms with Crippen LogP contribution in [-0.2, 0) is 0 Å². The zero-order valence-corrected chi connectivity index (χ0v) is 16.0. The van der Waals surface area contributed by atoms with Crippen molar-refractivity contribution < 1.29 is 9.90 Å². The summed E-state index contributed by atoms with van der Waals surface area (Å²) >= 11 is 0. The number of nitrogen functional groups attached to an aromatic ring is 1. The molecule has 0 spiro atoms. The van der Waals surface area contributed by atoms with Crippen molar-refractivity contribution in [3.8, 4) is 11.3 Å². The van der Waals surface area contributed by atoms with Crippen molar-refractivity contribution in [1.82, 2.24) is 14.8 Å². The summed E-state index contributed by atoms with van der Waals surface area (Å²) < 4.78 is 1.56. The minimum Gasteiger partial charge on any atom is -0.396 e. The molecule has 0 aliphatic carbocycles. The zero-order chi connectivity index (χ0) is 19.9. The molecule has 0 aliphatic heterocycles. The summed E-state index contributed by atoms with van der Waals surface area (Å²) in [6.07, 6.45) is 1.67. The Labute approximate surface area is 158 Å². The summed E-state index contributed by atoms with van der Waals surface area (Å²) in [5.41, 5.74) is 14.6. The number of pyridine rings is 1. The van der Waals surface area contributed by atoms with E-state index >= 15 is 0 Å². The number of primary amides is 1. The summed E-state index contributed by atoms with van der Waals surface area (Å²) in [6.45, 7) is 7.67. The zero-order valence-electron chi connectivity index (χ0n) is 16.0. The molecule has 2 aromatic heterocycles. The fourth-order valence-electron chi connectivity index (χ4n) is 3.01. The lowest BCUT2D eigenvalue weighted by Crippen LogP contribution is -2.30. The predicted molar refractivity (Wildman–Crippen MR) is 106 cm³/mol. The molecule has 0 saturated carbocycles. The Morgan fingerprint density at radius 3 is 2.67 bits per heavy atom. The third-order valence-electron chi connectivity index (χ3n) is 5.21. The van der Waals surface area contributed by atoms with Crippen LogP contribution in [0.4, 0.5) is 5.82 Å². The molecule has 0 bridgehead atoms. The van der Waals surface area contributed by atoms with Gasteiger partial charge in [0.25, 0.3) is 5.91 Å². The van der Waals surface area contributed by atoms with Crippen LogP contribution in [0, 0.1) is 12.3 Å². The number of aliphatic hydroxyl groups excluding tert-OH is 1. The van der Waals surface area contributed by atoms with Crippen LogP contribution in [0.3, 0.4) is 0 Å². The van der Waals surface area contributed by atoms with Gasteiger partial charge in [0.15, 0.2) is 0 Å². The lowest BCUT2D eigenvalue weighted by Gasteiger charge is -2.30. The third-order valence-corrected chi connectivity index (χ3v) is 5.21. The van der Waals surface area contributed by atoms with Crippen molar-refractivity contribution in [2.24, 2.45) is 11.1 Å². The lowest BCUT2D eigenvalue weighted by molar-refractivity contribution is 0.0998. The maximum Gasteiger partial charge on any atom is 0.254 e. The largest absolute Gasteiger partial charge is 0.396 e. The number of hydrogen-bond donors (Lipinski definition) is 3. The Hall–Kier alpha value is -2.93. The number of amides is 1. The highest BCUT2D eigenvalue weighted by atomic mass is 16.3. The van der Waals surface area contributed by atoms with E-state index in [4.69, 9.17) is 11.5 Å². The van der Waals surface area contributed by atoms with Crippen molar-refractivity contribution in [1.29, 1.82) is 0 Å². The van der Waals surface area contributed by atoms with Crippen molar-refractivity contribution in [2.75, 3.05) is 12.3 Å². The van der Waals surface area contributed by atoms with E-state index in [9.17, 15) is 9.90 Å². The summed E-state index contributed by atoms with van der Waals surface area (Å²) in [7, 11) is 0. The number of benzene rings is 1. The Morgan fingerprint density at radius 1 is 1.33 bits per heavy atom. The summed E-state index contributed by atoms with van der Waals surface area (Å²) in [5.74, 6) is -0.456. The van der Waals surface area contributed by atoms with Gasteiger partial charge < -0.3 is 16.6 Å². The van der Waals surface area contributed by atoms with E-state index in [1.807, 2.05) is 52.0 Å². The normalized spacial score (nSPS) is 13.1. The number of rotatable bonds is 5. The van der Waals surface area contributed by atoms with Crippen LogP contribution in [0.2, 0.25) is 0 Å². The van der Waals surface area contributed by atoms with Crippen molar-refractivity contribution in [3.63, 3.8) is 0 Å². The van der Waals surface area contributed by atoms with Gasteiger partial charge in [-0.05, 0) is 31.5 Å². The average Bonchev–Trinajstić information content (AvgIpc) is 2.97. The SMILES string of the molecule is Cc1ccc2cc(-c3nn(C(C)C(C)(C)CO)c(N)c3C(N)=O)cnc2c1. The molecule has 1 amide bonds. The Bertz CT molecular complexity index is 1020. The highest BCUT2D eigenvalue weighted by Crippen LogP contribution is 2.36. The summed E-state index contributed by atoms with van der Waals surface area (Å²) in [5, 5.41) is 15.2. The smallest absolute Gasteiger partial charge is 0.254 e. The molecule has 27 heavy (non-hydrogen) atoms. The third kappa shape index (κ3) is 3.26. The van der Waals surface area contributed by atoms with Crippen LogP contribution < -0.4 is 11.5 Å². The first-order valence-corrected chi connectivity index (χ1v) is 8.81. The fraction of sp³-hybridized carbons (Fsp3) is 0.350. The standard InChI is InChI=1S/C20H25N5O2/c1-11-5-6-13-8-14(9-23-15(13)7-11)17-16(19(22)27)18(21)25(24-17)12(2)20(3,4)10-26/h5-9,12,26H,10,21H2,1-4H3,(H2,22,27). The van der Waals surface area contributed by atoms with E-state index in [1.165, 1.54) is 0 Å². The molecule has 0 radical (unpaired) electrons. The van der Waals surface area contributed by atoms with Crippen LogP contribution >= 0.6 is 0 Å². The van der Waals surface area contributed by atoms with Gasteiger partial charge in [0.2, 0.25) is 0 Å². The molecule has 7 heteroatoms. The van der Waals surface area contributed by atoms with E-state index < -0.39 is 11.3 Å². The first-order valence-electron chi connectivity index (χ1n) is 8.81. The van der Waals surface area contributed by atoms with E-state index in [0.717, 1.165) is 16.5 Å². The topological polar surface area (TPSA) is 120 Å². The molecule has 3 aromatic rings. The first-order chi connectivity index (χ1) is 12.7. The van der Waals surface area contributed by atoms with Gasteiger partial charge >= 0.3 is 0 Å². The van der Waals surface area contributed by atoms with E-state index in [-0.39, 0.29) is 24.0 Å². The molecular formula is C20H25N5O2. The number of nitrogens with two attached hydrogens (primary N) is 2. The van der Waals surface area contributed by atoms with E-state index in [0.29, 0.717) is 11.3 Å². The van der Waals surface area contributed by atoms with Crippen molar-refractivity contribution in [2.45, 2.75) is 33.7 Å². The average molecular weight is 367 g/mol. The monoisotopic (exact) mass is 367 g/mol. The molecule has 5 N–H and O–H groups in total. The first kappa shape index (κ1) is 18.8. The van der Waals surface area contributed by atoms with Gasteiger partial charge in [-0.2, -0.15) is 5.10 Å². The van der Waals surface area contributed by atoms with E-state index in [2.05, 4.69) is 10.1 Å². The molecule has 0 saturated heterocycles. The van der Waals surface area contributed by atoms with Crippen LogP contribution in [0.1, 0.15) is 42.7 Å². The summed E-state index contributed by atoms with van der Waals surface area (Å²) in [4.78, 5) is 16.6. The number of carbonyl (C=O) groups excluding carboxylic acids is 1. The molecule has 7 nitrogen and oxygen atoms in total. The van der Waals surface area contributed by atoms with Crippen LogP contribution in [0.5, 0.6) is 0 Å². The molecule has 0 fully saturated rings. The van der Waals surface area contributed by atoms with Gasteiger partial charge in [0, 0.05) is 22.6 Å². The molecule has 142 valence electrons. The maximum atomic E-state index is 12.1. The number of aliphatic hydroxyl groups is 1. The highest BCUT2D eigenvalue weighted by molar-refractivity contribution is 6.03. The number of aryl methyl sites for hydroxylation is 1. The van der Waals surface area contributed by atoms with Gasteiger partial charge in [-0.15, -0.1) is 0 Å².